The number of carbonyl (C=O) groups is 1. The standard InChI is InChI=1S/C25H25NO4/c1-4-26-25(27)30-18(2)23-15-14-22(28-3)16-24(23)20-10-12-21(13-11-20)29-17-19-8-6-5-7-9-19/h5-16H,2,4,17H2,1,3H3,(H,26,27). The normalized spacial score (nSPS) is 10.2. The number of alkyl carbamates (subject to hydrolysis) is 1. The monoisotopic (exact) mass is 403 g/mol. The van der Waals surface area contributed by atoms with Crippen molar-refractivity contribution in [2.75, 3.05) is 13.7 Å². The molecule has 0 fully saturated rings. The molecule has 3 aromatic carbocycles. The van der Waals surface area contributed by atoms with Crippen molar-refractivity contribution in [2.45, 2.75) is 13.5 Å². The van der Waals surface area contributed by atoms with Crippen molar-refractivity contribution in [1.82, 2.24) is 5.32 Å². The molecule has 0 aliphatic heterocycles. The third-order valence-electron chi connectivity index (χ3n) is 4.48. The van der Waals surface area contributed by atoms with E-state index in [1.54, 1.807) is 7.11 Å². The fraction of sp³-hybridized carbons (Fsp3) is 0.160. The highest BCUT2D eigenvalue weighted by Gasteiger charge is 2.14. The first kappa shape index (κ1) is 21.0. The van der Waals surface area contributed by atoms with Crippen LogP contribution in [0.25, 0.3) is 16.9 Å². The molecule has 30 heavy (non-hydrogen) atoms. The highest BCUT2D eigenvalue weighted by atomic mass is 16.6. The predicted molar refractivity (Wildman–Crippen MR) is 118 cm³/mol. The van der Waals surface area contributed by atoms with Gasteiger partial charge in [-0.05, 0) is 53.9 Å². The van der Waals surface area contributed by atoms with Crippen LogP contribution in [0.15, 0.2) is 79.4 Å². The molecule has 0 heterocycles. The third kappa shape index (κ3) is 5.41. The van der Waals surface area contributed by atoms with Gasteiger partial charge in [0.15, 0.2) is 0 Å². The highest BCUT2D eigenvalue weighted by Crippen LogP contribution is 2.33. The molecule has 0 aromatic heterocycles. The third-order valence-corrected chi connectivity index (χ3v) is 4.48. The van der Waals surface area contributed by atoms with Crippen LogP contribution >= 0.6 is 0 Å². The summed E-state index contributed by atoms with van der Waals surface area (Å²) in [6.45, 7) is 6.72. The lowest BCUT2D eigenvalue weighted by Gasteiger charge is -2.15. The summed E-state index contributed by atoms with van der Waals surface area (Å²) in [5.41, 5.74) is 3.59. The van der Waals surface area contributed by atoms with Crippen LogP contribution in [0, 0.1) is 0 Å². The maximum Gasteiger partial charge on any atom is 0.412 e. The van der Waals surface area contributed by atoms with Crippen LogP contribution in [0.4, 0.5) is 4.79 Å². The second kappa shape index (κ2) is 10.2. The molecule has 3 rings (SSSR count). The van der Waals surface area contributed by atoms with Gasteiger partial charge in [0, 0.05) is 12.1 Å². The molecule has 1 amide bonds. The van der Waals surface area contributed by atoms with E-state index in [-0.39, 0.29) is 5.76 Å². The van der Waals surface area contributed by atoms with E-state index >= 15 is 0 Å². The maximum atomic E-state index is 11.8. The van der Waals surface area contributed by atoms with Gasteiger partial charge in [0.2, 0.25) is 0 Å². The quantitative estimate of drug-likeness (QED) is 0.493. The summed E-state index contributed by atoms with van der Waals surface area (Å²) in [7, 11) is 1.61. The number of ether oxygens (including phenoxy) is 3. The van der Waals surface area contributed by atoms with Crippen LogP contribution in [-0.4, -0.2) is 19.7 Å². The van der Waals surface area contributed by atoms with Gasteiger partial charge in [-0.3, -0.25) is 0 Å². The summed E-state index contributed by atoms with van der Waals surface area (Å²) in [4.78, 5) is 11.8. The number of carbonyl (C=O) groups excluding carboxylic acids is 1. The van der Waals surface area contributed by atoms with Gasteiger partial charge < -0.3 is 19.5 Å². The van der Waals surface area contributed by atoms with E-state index < -0.39 is 6.09 Å². The first-order chi connectivity index (χ1) is 14.6. The molecule has 154 valence electrons. The predicted octanol–water partition coefficient (Wildman–Crippen LogP) is 5.66. The largest absolute Gasteiger partial charge is 0.497 e. The van der Waals surface area contributed by atoms with Gasteiger partial charge >= 0.3 is 6.09 Å². The number of methoxy groups -OCH3 is 1. The van der Waals surface area contributed by atoms with Crippen LogP contribution < -0.4 is 14.8 Å². The second-order valence-corrected chi connectivity index (χ2v) is 6.55. The van der Waals surface area contributed by atoms with E-state index in [9.17, 15) is 4.79 Å². The zero-order chi connectivity index (χ0) is 21.3. The molecule has 0 spiro atoms. The summed E-state index contributed by atoms with van der Waals surface area (Å²) in [5.74, 6) is 1.73. The molecular formula is C25H25NO4. The average molecular weight is 403 g/mol. The Kier molecular flexibility index (Phi) is 7.11. The first-order valence-corrected chi connectivity index (χ1v) is 9.71. The van der Waals surface area contributed by atoms with Crippen molar-refractivity contribution in [3.05, 3.63) is 90.5 Å². The summed E-state index contributed by atoms with van der Waals surface area (Å²) >= 11 is 0. The van der Waals surface area contributed by atoms with Crippen molar-refractivity contribution in [3.8, 4) is 22.6 Å². The minimum atomic E-state index is -0.533. The SMILES string of the molecule is C=C(OC(=O)NCC)c1ccc(OC)cc1-c1ccc(OCc2ccccc2)cc1. The molecule has 5 nitrogen and oxygen atoms in total. The van der Waals surface area contributed by atoms with E-state index in [1.807, 2.05) is 79.7 Å². The fourth-order valence-corrected chi connectivity index (χ4v) is 2.95. The summed E-state index contributed by atoms with van der Waals surface area (Å²) < 4.78 is 16.5. The molecule has 0 bridgehead atoms. The Hall–Kier alpha value is -3.73. The number of hydrogen-bond acceptors (Lipinski definition) is 4. The lowest BCUT2D eigenvalue weighted by molar-refractivity contribution is 0.193. The van der Waals surface area contributed by atoms with Gasteiger partial charge in [0.1, 0.15) is 23.9 Å². The van der Waals surface area contributed by atoms with E-state index in [2.05, 4.69) is 11.9 Å². The first-order valence-electron chi connectivity index (χ1n) is 9.71. The molecule has 0 radical (unpaired) electrons. The minimum absolute atomic E-state index is 0.267. The van der Waals surface area contributed by atoms with Crippen molar-refractivity contribution in [2.24, 2.45) is 0 Å². The second-order valence-electron chi connectivity index (χ2n) is 6.55. The van der Waals surface area contributed by atoms with Gasteiger partial charge in [-0.1, -0.05) is 49.0 Å². The zero-order valence-corrected chi connectivity index (χ0v) is 17.2. The van der Waals surface area contributed by atoms with Gasteiger partial charge in [0.05, 0.1) is 7.11 Å². The van der Waals surface area contributed by atoms with Crippen LogP contribution in [0.1, 0.15) is 18.1 Å². The topological polar surface area (TPSA) is 56.8 Å². The van der Waals surface area contributed by atoms with Crippen molar-refractivity contribution >= 4 is 11.9 Å². The molecule has 0 aliphatic carbocycles. The Morgan fingerprint density at radius 3 is 2.33 bits per heavy atom. The molecule has 0 atom stereocenters. The maximum absolute atomic E-state index is 11.8. The van der Waals surface area contributed by atoms with Crippen molar-refractivity contribution in [1.29, 1.82) is 0 Å². The van der Waals surface area contributed by atoms with Gasteiger partial charge in [0.25, 0.3) is 0 Å². The highest BCUT2D eigenvalue weighted by molar-refractivity contribution is 5.84. The fourth-order valence-electron chi connectivity index (χ4n) is 2.95. The Morgan fingerprint density at radius 1 is 0.967 bits per heavy atom. The number of rotatable bonds is 8. The van der Waals surface area contributed by atoms with E-state index in [0.29, 0.717) is 24.5 Å². The number of hydrogen-bond donors (Lipinski definition) is 1. The molecule has 3 aromatic rings. The summed E-state index contributed by atoms with van der Waals surface area (Å²) in [6.07, 6.45) is -0.533. The molecular weight excluding hydrogens is 378 g/mol. The molecule has 0 saturated carbocycles. The lowest BCUT2D eigenvalue weighted by Crippen LogP contribution is -2.23. The van der Waals surface area contributed by atoms with E-state index in [0.717, 1.165) is 22.4 Å². The molecule has 0 saturated heterocycles. The molecule has 0 unspecified atom stereocenters. The van der Waals surface area contributed by atoms with E-state index in [4.69, 9.17) is 14.2 Å². The summed E-state index contributed by atoms with van der Waals surface area (Å²) in [6, 6.07) is 23.3. The Bertz CT molecular complexity index is 997. The Labute approximate surface area is 176 Å². The number of nitrogens with one attached hydrogen (secondary N) is 1. The number of benzene rings is 3. The lowest BCUT2D eigenvalue weighted by atomic mass is 9.98. The van der Waals surface area contributed by atoms with E-state index in [1.165, 1.54) is 0 Å². The van der Waals surface area contributed by atoms with Crippen LogP contribution in [-0.2, 0) is 11.3 Å². The Balaban J connectivity index is 1.81. The van der Waals surface area contributed by atoms with Crippen LogP contribution in [0.3, 0.4) is 0 Å². The average Bonchev–Trinajstić information content (AvgIpc) is 2.78. The molecule has 0 aliphatic rings. The summed E-state index contributed by atoms with van der Waals surface area (Å²) in [5, 5.41) is 2.60. The van der Waals surface area contributed by atoms with Crippen LogP contribution in [0.2, 0.25) is 0 Å². The zero-order valence-electron chi connectivity index (χ0n) is 17.2. The van der Waals surface area contributed by atoms with Gasteiger partial charge in [-0.2, -0.15) is 0 Å². The van der Waals surface area contributed by atoms with Crippen molar-refractivity contribution in [3.63, 3.8) is 0 Å². The van der Waals surface area contributed by atoms with Gasteiger partial charge in [-0.25, -0.2) is 4.79 Å². The van der Waals surface area contributed by atoms with Crippen molar-refractivity contribution < 1.29 is 19.0 Å². The molecule has 1 N–H and O–H groups in total. The number of amides is 1. The smallest absolute Gasteiger partial charge is 0.412 e. The Morgan fingerprint density at radius 2 is 1.67 bits per heavy atom. The molecule has 5 heteroatoms. The minimum Gasteiger partial charge on any atom is -0.497 e. The van der Waals surface area contributed by atoms with Crippen LogP contribution in [0.5, 0.6) is 11.5 Å². The van der Waals surface area contributed by atoms with Gasteiger partial charge in [-0.15, -0.1) is 0 Å².